The Morgan fingerprint density at radius 2 is 1.93 bits per heavy atom. The van der Waals surface area contributed by atoms with E-state index in [0.717, 1.165) is 30.8 Å². The van der Waals surface area contributed by atoms with Crippen molar-refractivity contribution in [3.05, 3.63) is 59.9 Å². The van der Waals surface area contributed by atoms with Gasteiger partial charge < -0.3 is 15.5 Å². The van der Waals surface area contributed by atoms with E-state index in [2.05, 4.69) is 15.6 Å². The fraction of sp³-hybridized carbons (Fsp3) is 0.381. The van der Waals surface area contributed by atoms with Gasteiger partial charge in [-0.25, -0.2) is 0 Å². The quantitative estimate of drug-likeness (QED) is 0.789. The van der Waals surface area contributed by atoms with Crippen molar-refractivity contribution in [3.8, 4) is 0 Å². The summed E-state index contributed by atoms with van der Waals surface area (Å²) in [5, 5.41) is 6.30. The Hall–Kier alpha value is -2.73. The molecule has 1 aliphatic heterocycles. The summed E-state index contributed by atoms with van der Waals surface area (Å²) in [6.45, 7) is 2.60. The van der Waals surface area contributed by atoms with Crippen LogP contribution in [0.2, 0.25) is 0 Å². The van der Waals surface area contributed by atoms with E-state index >= 15 is 0 Å². The minimum Gasteiger partial charge on any atom is -0.352 e. The predicted octanol–water partition coefficient (Wildman–Crippen LogP) is 2.36. The van der Waals surface area contributed by atoms with Crippen molar-refractivity contribution in [3.63, 3.8) is 0 Å². The third-order valence-corrected chi connectivity index (χ3v) is 4.99. The lowest BCUT2D eigenvalue weighted by Crippen LogP contribution is -2.26. The lowest BCUT2D eigenvalue weighted by molar-refractivity contribution is -0.121. The van der Waals surface area contributed by atoms with Crippen molar-refractivity contribution < 1.29 is 9.59 Å². The standard InChI is InChI=1S/C21H26N4O2/c1-25(21(27)18-9-12-22-13-10-18)19-5-2-16(3-6-19)15-24-20(26)7-4-17-8-11-23-14-17/h2-3,5-6,9-10,12-13,17,23H,4,7-8,11,14-15H2,1H3,(H,24,26). The van der Waals surface area contributed by atoms with Crippen LogP contribution < -0.4 is 15.5 Å². The molecule has 2 heterocycles. The Morgan fingerprint density at radius 1 is 1.19 bits per heavy atom. The van der Waals surface area contributed by atoms with E-state index in [9.17, 15) is 9.59 Å². The number of hydrogen-bond donors (Lipinski definition) is 2. The zero-order valence-electron chi connectivity index (χ0n) is 15.6. The van der Waals surface area contributed by atoms with Crippen molar-refractivity contribution in [1.82, 2.24) is 15.6 Å². The van der Waals surface area contributed by atoms with Crippen LogP contribution >= 0.6 is 0 Å². The van der Waals surface area contributed by atoms with E-state index in [-0.39, 0.29) is 11.8 Å². The molecule has 6 nitrogen and oxygen atoms in total. The molecule has 2 aromatic rings. The maximum Gasteiger partial charge on any atom is 0.258 e. The summed E-state index contributed by atoms with van der Waals surface area (Å²) in [5.74, 6) is 0.638. The molecule has 1 atom stereocenters. The number of aromatic nitrogens is 1. The van der Waals surface area contributed by atoms with Gasteiger partial charge in [0.2, 0.25) is 5.91 Å². The monoisotopic (exact) mass is 366 g/mol. The first kappa shape index (κ1) is 19.0. The maximum atomic E-state index is 12.5. The highest BCUT2D eigenvalue weighted by atomic mass is 16.2. The molecule has 0 aliphatic carbocycles. The molecule has 2 amide bonds. The summed E-state index contributed by atoms with van der Waals surface area (Å²) in [6, 6.07) is 11.1. The van der Waals surface area contributed by atoms with Gasteiger partial charge in [0, 0.05) is 43.7 Å². The average molecular weight is 366 g/mol. The summed E-state index contributed by atoms with van der Waals surface area (Å²) < 4.78 is 0. The lowest BCUT2D eigenvalue weighted by Gasteiger charge is -2.18. The summed E-state index contributed by atoms with van der Waals surface area (Å²) in [7, 11) is 1.75. The van der Waals surface area contributed by atoms with Crippen LogP contribution in [0.4, 0.5) is 5.69 Å². The summed E-state index contributed by atoms with van der Waals surface area (Å²) in [6.07, 6.45) is 5.90. The highest BCUT2D eigenvalue weighted by Crippen LogP contribution is 2.17. The molecule has 3 rings (SSSR count). The second-order valence-corrected chi connectivity index (χ2v) is 6.94. The number of amides is 2. The lowest BCUT2D eigenvalue weighted by atomic mass is 10.0. The molecule has 1 aromatic carbocycles. The molecule has 0 spiro atoms. The molecular weight excluding hydrogens is 340 g/mol. The van der Waals surface area contributed by atoms with Gasteiger partial charge in [-0.1, -0.05) is 12.1 Å². The second-order valence-electron chi connectivity index (χ2n) is 6.94. The molecule has 1 aromatic heterocycles. The van der Waals surface area contributed by atoms with Crippen LogP contribution in [0.3, 0.4) is 0 Å². The van der Waals surface area contributed by atoms with Crippen molar-refractivity contribution in [1.29, 1.82) is 0 Å². The first-order valence-corrected chi connectivity index (χ1v) is 9.38. The Labute approximate surface area is 160 Å². The van der Waals surface area contributed by atoms with Crippen molar-refractivity contribution in [2.45, 2.75) is 25.8 Å². The fourth-order valence-corrected chi connectivity index (χ4v) is 3.23. The van der Waals surface area contributed by atoms with Crippen LogP contribution in [0, 0.1) is 5.92 Å². The number of benzene rings is 1. The highest BCUT2D eigenvalue weighted by Gasteiger charge is 2.16. The van der Waals surface area contributed by atoms with Gasteiger partial charge in [0.05, 0.1) is 0 Å². The van der Waals surface area contributed by atoms with Gasteiger partial charge in [-0.2, -0.15) is 0 Å². The third-order valence-electron chi connectivity index (χ3n) is 4.99. The Kier molecular flexibility index (Phi) is 6.54. The minimum absolute atomic E-state index is 0.0835. The number of nitrogens with one attached hydrogen (secondary N) is 2. The molecule has 1 saturated heterocycles. The summed E-state index contributed by atoms with van der Waals surface area (Å²) in [4.78, 5) is 30.0. The number of pyridine rings is 1. The largest absolute Gasteiger partial charge is 0.352 e. The van der Waals surface area contributed by atoms with Crippen LogP contribution in [0.25, 0.3) is 0 Å². The molecular formula is C21H26N4O2. The average Bonchev–Trinajstić information content (AvgIpc) is 3.24. The van der Waals surface area contributed by atoms with Crippen LogP contribution in [0.15, 0.2) is 48.8 Å². The number of carbonyl (C=O) groups is 2. The van der Waals surface area contributed by atoms with Crippen LogP contribution in [-0.4, -0.2) is 36.9 Å². The van der Waals surface area contributed by atoms with Crippen LogP contribution in [0.5, 0.6) is 0 Å². The number of carbonyl (C=O) groups excluding carboxylic acids is 2. The Balaban J connectivity index is 1.48. The molecule has 6 heteroatoms. The molecule has 1 fully saturated rings. The zero-order valence-corrected chi connectivity index (χ0v) is 15.6. The summed E-state index contributed by atoms with van der Waals surface area (Å²) >= 11 is 0. The van der Waals surface area contributed by atoms with Gasteiger partial charge in [0.25, 0.3) is 5.91 Å². The topological polar surface area (TPSA) is 74.3 Å². The molecule has 142 valence electrons. The van der Waals surface area contributed by atoms with E-state index in [1.807, 2.05) is 24.3 Å². The Bertz CT molecular complexity index is 756. The van der Waals surface area contributed by atoms with Gasteiger partial charge in [0.1, 0.15) is 0 Å². The summed E-state index contributed by atoms with van der Waals surface area (Å²) in [5.41, 5.74) is 2.42. The van der Waals surface area contributed by atoms with Gasteiger partial charge in [-0.3, -0.25) is 14.6 Å². The van der Waals surface area contributed by atoms with Gasteiger partial charge in [-0.05, 0) is 61.7 Å². The van der Waals surface area contributed by atoms with Gasteiger partial charge >= 0.3 is 0 Å². The number of hydrogen-bond acceptors (Lipinski definition) is 4. The number of rotatable bonds is 7. The first-order chi connectivity index (χ1) is 13.1. The Morgan fingerprint density at radius 3 is 2.59 bits per heavy atom. The first-order valence-electron chi connectivity index (χ1n) is 9.38. The van der Waals surface area contributed by atoms with E-state index < -0.39 is 0 Å². The van der Waals surface area contributed by atoms with E-state index in [4.69, 9.17) is 0 Å². The SMILES string of the molecule is CN(C(=O)c1ccncc1)c1ccc(CNC(=O)CCC2CCNC2)cc1. The molecule has 0 saturated carbocycles. The minimum atomic E-state index is -0.0835. The smallest absolute Gasteiger partial charge is 0.258 e. The highest BCUT2D eigenvalue weighted by molar-refractivity contribution is 6.05. The molecule has 2 N–H and O–H groups in total. The molecule has 27 heavy (non-hydrogen) atoms. The van der Waals surface area contributed by atoms with E-state index in [1.165, 1.54) is 6.42 Å². The van der Waals surface area contributed by atoms with Crippen molar-refractivity contribution >= 4 is 17.5 Å². The van der Waals surface area contributed by atoms with Crippen LogP contribution in [0.1, 0.15) is 35.2 Å². The predicted molar refractivity (Wildman–Crippen MR) is 105 cm³/mol. The third kappa shape index (κ3) is 5.37. The maximum absolute atomic E-state index is 12.5. The van der Waals surface area contributed by atoms with Gasteiger partial charge in [-0.15, -0.1) is 0 Å². The van der Waals surface area contributed by atoms with E-state index in [0.29, 0.717) is 24.4 Å². The molecule has 1 unspecified atom stereocenters. The van der Waals surface area contributed by atoms with Gasteiger partial charge in [0.15, 0.2) is 0 Å². The fourth-order valence-electron chi connectivity index (χ4n) is 3.23. The zero-order chi connectivity index (χ0) is 19.1. The number of anilines is 1. The molecule has 0 bridgehead atoms. The van der Waals surface area contributed by atoms with Crippen molar-refractivity contribution in [2.24, 2.45) is 5.92 Å². The van der Waals surface area contributed by atoms with Crippen LogP contribution in [-0.2, 0) is 11.3 Å². The second kappa shape index (κ2) is 9.28. The number of nitrogens with zero attached hydrogens (tertiary/aromatic N) is 2. The normalized spacial score (nSPS) is 16.1. The molecule has 0 radical (unpaired) electrons. The molecule has 1 aliphatic rings. The van der Waals surface area contributed by atoms with Crippen molar-refractivity contribution in [2.75, 3.05) is 25.0 Å². The van der Waals surface area contributed by atoms with E-state index in [1.54, 1.807) is 36.5 Å².